The molecular weight excluding hydrogens is 374 g/mol. The third kappa shape index (κ3) is 4.78. The van der Waals surface area contributed by atoms with Gasteiger partial charge >= 0.3 is 0 Å². The molecule has 0 fully saturated rings. The largest absolute Gasteiger partial charge is 0.495 e. The normalized spacial score (nSPS) is 16.0. The zero-order chi connectivity index (χ0) is 20.1. The molecule has 0 bridgehead atoms. The molecule has 0 spiro atoms. The Bertz CT molecular complexity index is 872. The van der Waals surface area contributed by atoms with Crippen LogP contribution in [0.5, 0.6) is 5.75 Å². The molecule has 2 aromatic carbocycles. The number of rotatable bonds is 5. The smallest absolute Gasteiger partial charge is 0.246 e. The lowest BCUT2D eigenvalue weighted by atomic mass is 10.2. The van der Waals surface area contributed by atoms with Crippen LogP contribution in [0.25, 0.3) is 0 Å². The second kappa shape index (κ2) is 9.01. The van der Waals surface area contributed by atoms with Gasteiger partial charge in [0, 0.05) is 29.3 Å². The number of benzene rings is 2. The number of hydrogen-bond donors (Lipinski definition) is 2. The minimum absolute atomic E-state index is 0.00543. The fourth-order valence-corrected chi connectivity index (χ4v) is 4.25. The molecule has 1 aliphatic rings. The molecule has 0 radical (unpaired) electrons. The summed E-state index contributed by atoms with van der Waals surface area (Å²) in [4.78, 5) is 27.3. The third-order valence-corrected chi connectivity index (χ3v) is 5.73. The third-order valence-electron chi connectivity index (χ3n) is 4.49. The van der Waals surface area contributed by atoms with E-state index in [1.807, 2.05) is 34.9 Å². The average Bonchev–Trinajstić information content (AvgIpc) is 2.84. The van der Waals surface area contributed by atoms with Gasteiger partial charge in [0.05, 0.1) is 25.0 Å². The quantitative estimate of drug-likeness (QED) is 0.796. The van der Waals surface area contributed by atoms with Crippen LogP contribution >= 0.6 is 11.8 Å². The monoisotopic (exact) mass is 399 g/mol. The number of nitrogens with zero attached hydrogens (tertiary/aromatic N) is 1. The fourth-order valence-electron chi connectivity index (χ4n) is 3.14. The van der Waals surface area contributed by atoms with Gasteiger partial charge in [-0.25, -0.2) is 0 Å². The molecule has 1 aliphatic heterocycles. The summed E-state index contributed by atoms with van der Waals surface area (Å²) in [6, 6.07) is 13.3. The van der Waals surface area contributed by atoms with E-state index in [1.165, 1.54) is 6.92 Å². The second-order valence-corrected chi connectivity index (χ2v) is 8.16. The summed E-state index contributed by atoms with van der Waals surface area (Å²) >= 11 is 1.81. The van der Waals surface area contributed by atoms with Crippen molar-refractivity contribution in [1.29, 1.82) is 0 Å². The van der Waals surface area contributed by atoms with Crippen molar-refractivity contribution in [1.82, 2.24) is 0 Å². The van der Waals surface area contributed by atoms with E-state index < -0.39 is 0 Å². The number of ether oxygens (including phenoxy) is 1. The number of hydrogen-bond acceptors (Lipinski definition) is 5. The number of anilines is 3. The summed E-state index contributed by atoms with van der Waals surface area (Å²) in [5, 5.41) is 6.36. The average molecular weight is 400 g/mol. The van der Waals surface area contributed by atoms with E-state index in [4.69, 9.17) is 4.74 Å². The van der Waals surface area contributed by atoms with Crippen molar-refractivity contribution in [3.63, 3.8) is 0 Å². The molecule has 0 unspecified atom stereocenters. The molecule has 0 saturated carbocycles. The van der Waals surface area contributed by atoms with Gasteiger partial charge in [0.1, 0.15) is 5.75 Å². The number of methoxy groups -OCH3 is 1. The van der Waals surface area contributed by atoms with Gasteiger partial charge in [0.25, 0.3) is 0 Å². The van der Waals surface area contributed by atoms with Crippen LogP contribution < -0.4 is 20.3 Å². The first-order valence-corrected chi connectivity index (χ1v) is 10.1. The van der Waals surface area contributed by atoms with Crippen molar-refractivity contribution < 1.29 is 14.3 Å². The molecule has 2 N–H and O–H groups in total. The lowest BCUT2D eigenvalue weighted by Gasteiger charge is -2.23. The van der Waals surface area contributed by atoms with E-state index in [0.717, 1.165) is 17.0 Å². The summed E-state index contributed by atoms with van der Waals surface area (Å²) in [6.45, 7) is 4.46. The molecule has 2 aromatic rings. The lowest BCUT2D eigenvalue weighted by molar-refractivity contribution is -0.117. The van der Waals surface area contributed by atoms with Crippen LogP contribution in [0.1, 0.15) is 20.3 Å². The molecule has 0 aromatic heterocycles. The highest BCUT2D eigenvalue weighted by Gasteiger charge is 2.24. The maximum atomic E-state index is 13.0. The number of thioether (sulfide) groups is 1. The molecule has 6 nitrogen and oxygen atoms in total. The van der Waals surface area contributed by atoms with Crippen molar-refractivity contribution in [2.24, 2.45) is 0 Å². The van der Waals surface area contributed by atoms with Crippen LogP contribution in [0.3, 0.4) is 0 Å². The number of fused-ring (bicyclic) bond motifs is 1. The number of carbonyl (C=O) groups is 2. The minimum atomic E-state index is -0.153. The van der Waals surface area contributed by atoms with Crippen LogP contribution in [0.4, 0.5) is 17.1 Å². The minimum Gasteiger partial charge on any atom is -0.495 e. The Hall–Kier alpha value is -2.67. The van der Waals surface area contributed by atoms with Gasteiger partial charge in [-0.2, -0.15) is 0 Å². The van der Waals surface area contributed by atoms with Gasteiger partial charge in [-0.15, -0.1) is 11.8 Å². The van der Waals surface area contributed by atoms with Crippen LogP contribution in [0.2, 0.25) is 0 Å². The molecule has 1 heterocycles. The highest BCUT2D eigenvalue weighted by Crippen LogP contribution is 2.37. The fraction of sp³-hybridized carbons (Fsp3) is 0.333. The highest BCUT2D eigenvalue weighted by atomic mass is 32.2. The zero-order valence-electron chi connectivity index (χ0n) is 16.3. The SMILES string of the molecule is COc1ccc(NC(C)=O)cc1NCC(=O)N1CC[C@@H](C)Sc2ccccc21. The van der Waals surface area contributed by atoms with Gasteiger partial charge in [-0.1, -0.05) is 19.1 Å². The van der Waals surface area contributed by atoms with E-state index in [9.17, 15) is 9.59 Å². The number of carbonyl (C=O) groups excluding carboxylic acids is 2. The van der Waals surface area contributed by atoms with Crippen LogP contribution in [0.15, 0.2) is 47.4 Å². The molecule has 148 valence electrons. The van der Waals surface area contributed by atoms with Gasteiger partial charge < -0.3 is 20.3 Å². The summed E-state index contributed by atoms with van der Waals surface area (Å²) in [7, 11) is 1.57. The van der Waals surface area contributed by atoms with Gasteiger partial charge in [-0.05, 0) is 36.8 Å². The Balaban J connectivity index is 1.76. The molecule has 1 atom stereocenters. The van der Waals surface area contributed by atoms with Crippen LogP contribution in [-0.2, 0) is 9.59 Å². The molecule has 7 heteroatoms. The van der Waals surface area contributed by atoms with Gasteiger partial charge in [0.15, 0.2) is 0 Å². The standard InChI is InChI=1S/C21H25N3O3S/c1-14-10-11-24(18-6-4-5-7-20(18)28-14)21(26)13-22-17-12-16(23-15(2)25)8-9-19(17)27-3/h4-9,12,14,22H,10-11,13H2,1-3H3,(H,23,25)/t14-/m1/s1. The molecule has 28 heavy (non-hydrogen) atoms. The van der Waals surface area contributed by atoms with Crippen molar-refractivity contribution in [2.75, 3.05) is 35.7 Å². The molecule has 0 aliphatic carbocycles. The first-order valence-electron chi connectivity index (χ1n) is 9.23. The molecule has 3 rings (SSSR count). The van der Waals surface area contributed by atoms with Gasteiger partial charge in [-0.3, -0.25) is 9.59 Å². The van der Waals surface area contributed by atoms with E-state index in [-0.39, 0.29) is 18.4 Å². The maximum absolute atomic E-state index is 13.0. The number of amides is 2. The predicted molar refractivity (Wildman–Crippen MR) is 115 cm³/mol. The van der Waals surface area contributed by atoms with Crippen molar-refractivity contribution in [3.8, 4) is 5.75 Å². The number of para-hydroxylation sites is 1. The predicted octanol–water partition coefficient (Wildman–Crippen LogP) is 3.98. The molecular formula is C21H25N3O3S. The Kier molecular flexibility index (Phi) is 6.46. The first kappa shape index (κ1) is 20.1. The Morgan fingerprint density at radius 2 is 2.04 bits per heavy atom. The summed E-state index contributed by atoms with van der Waals surface area (Å²) in [5.74, 6) is 0.455. The zero-order valence-corrected chi connectivity index (χ0v) is 17.1. The topological polar surface area (TPSA) is 70.7 Å². The van der Waals surface area contributed by atoms with Crippen LogP contribution in [-0.4, -0.2) is 37.3 Å². The summed E-state index contributed by atoms with van der Waals surface area (Å²) < 4.78 is 5.37. The van der Waals surface area contributed by atoms with Crippen LogP contribution in [0, 0.1) is 0 Å². The van der Waals surface area contributed by atoms with Crippen molar-refractivity contribution >= 4 is 40.6 Å². The highest BCUT2D eigenvalue weighted by molar-refractivity contribution is 8.00. The first-order chi connectivity index (χ1) is 13.5. The Labute approximate surface area is 169 Å². The van der Waals surface area contributed by atoms with E-state index in [1.54, 1.807) is 25.3 Å². The maximum Gasteiger partial charge on any atom is 0.246 e. The van der Waals surface area contributed by atoms with Crippen molar-refractivity contribution in [3.05, 3.63) is 42.5 Å². The molecule has 2 amide bonds. The van der Waals surface area contributed by atoms with E-state index >= 15 is 0 Å². The summed E-state index contributed by atoms with van der Waals surface area (Å²) in [5.41, 5.74) is 2.27. The summed E-state index contributed by atoms with van der Waals surface area (Å²) in [6.07, 6.45) is 0.937. The van der Waals surface area contributed by atoms with Gasteiger partial charge in [0.2, 0.25) is 11.8 Å². The molecule has 0 saturated heterocycles. The van der Waals surface area contributed by atoms with E-state index in [2.05, 4.69) is 23.6 Å². The Morgan fingerprint density at radius 3 is 2.79 bits per heavy atom. The Morgan fingerprint density at radius 1 is 1.25 bits per heavy atom. The van der Waals surface area contributed by atoms with E-state index in [0.29, 0.717) is 28.9 Å². The number of nitrogens with one attached hydrogen (secondary N) is 2. The second-order valence-electron chi connectivity index (χ2n) is 6.68. The van der Waals surface area contributed by atoms with Crippen molar-refractivity contribution in [2.45, 2.75) is 30.4 Å². The lowest BCUT2D eigenvalue weighted by Crippen LogP contribution is -2.36.